The number of nitrogens with zero attached hydrogens (tertiary/aromatic N) is 2. The van der Waals surface area contributed by atoms with Crippen LogP contribution in [-0.2, 0) is 20.9 Å². The minimum Gasteiger partial charge on any atom is -0.497 e. The molecule has 1 saturated heterocycles. The highest BCUT2D eigenvalue weighted by molar-refractivity contribution is 8.18. The lowest BCUT2D eigenvalue weighted by Gasteiger charge is -2.14. The lowest BCUT2D eigenvalue weighted by molar-refractivity contribution is -0.122. The third-order valence-corrected chi connectivity index (χ3v) is 6.61. The predicted molar refractivity (Wildman–Crippen MR) is 147 cm³/mol. The second-order valence-corrected chi connectivity index (χ2v) is 9.12. The summed E-state index contributed by atoms with van der Waals surface area (Å²) in [4.78, 5) is 31.6. The molecule has 10 nitrogen and oxygen atoms in total. The van der Waals surface area contributed by atoms with E-state index in [1.807, 2.05) is 30.3 Å². The van der Waals surface area contributed by atoms with Crippen molar-refractivity contribution in [1.29, 1.82) is 0 Å². The van der Waals surface area contributed by atoms with Crippen molar-refractivity contribution in [2.75, 3.05) is 41.6 Å². The van der Waals surface area contributed by atoms with Crippen molar-refractivity contribution in [1.82, 2.24) is 4.90 Å². The molecular formula is C28H28N2O8S. The van der Waals surface area contributed by atoms with E-state index in [0.29, 0.717) is 46.2 Å². The number of amidine groups is 1. The van der Waals surface area contributed by atoms with Crippen LogP contribution in [0, 0.1) is 0 Å². The molecule has 1 amide bonds. The molecule has 0 saturated carbocycles. The number of carbonyl (C=O) groups excluding carboxylic acids is 2. The topological polar surface area (TPSA) is 109 Å². The largest absolute Gasteiger partial charge is 0.497 e. The molecule has 0 bridgehead atoms. The SMILES string of the molecule is COCCN1C(=O)C(=Cc2ccc(OCc3ccc(C(=O)OC)o3)c(OC)c2)SC1=Nc1ccc(OC)cc1. The number of esters is 1. The van der Waals surface area contributed by atoms with E-state index in [0.717, 1.165) is 11.3 Å². The van der Waals surface area contributed by atoms with Crippen molar-refractivity contribution >= 4 is 40.6 Å². The number of ether oxygens (including phenoxy) is 5. The Morgan fingerprint density at radius 2 is 1.79 bits per heavy atom. The quantitative estimate of drug-likeness (QED) is 0.242. The molecule has 3 aromatic rings. The lowest BCUT2D eigenvalue weighted by Crippen LogP contribution is -2.32. The fourth-order valence-corrected chi connectivity index (χ4v) is 4.62. The molecule has 0 spiro atoms. The van der Waals surface area contributed by atoms with Gasteiger partial charge in [-0.15, -0.1) is 0 Å². The van der Waals surface area contributed by atoms with Gasteiger partial charge in [-0.3, -0.25) is 9.69 Å². The number of thioether (sulfide) groups is 1. The predicted octanol–water partition coefficient (Wildman–Crippen LogP) is 4.91. The van der Waals surface area contributed by atoms with Crippen LogP contribution < -0.4 is 14.2 Å². The van der Waals surface area contributed by atoms with Gasteiger partial charge in [-0.25, -0.2) is 9.79 Å². The van der Waals surface area contributed by atoms with Crippen molar-refractivity contribution in [3.63, 3.8) is 0 Å². The fraction of sp³-hybridized carbons (Fsp3) is 0.250. The van der Waals surface area contributed by atoms with E-state index in [-0.39, 0.29) is 18.3 Å². The summed E-state index contributed by atoms with van der Waals surface area (Å²) in [5.41, 5.74) is 1.45. The van der Waals surface area contributed by atoms with Gasteiger partial charge < -0.3 is 28.1 Å². The second kappa shape index (κ2) is 13.0. The van der Waals surface area contributed by atoms with Crippen molar-refractivity contribution in [3.05, 3.63) is 76.6 Å². The van der Waals surface area contributed by atoms with Crippen LogP contribution in [0.15, 0.2) is 68.9 Å². The molecule has 2 heterocycles. The van der Waals surface area contributed by atoms with Gasteiger partial charge in [-0.1, -0.05) is 6.07 Å². The molecule has 0 unspecified atom stereocenters. The Hall–Kier alpha value is -4.22. The number of amides is 1. The van der Waals surface area contributed by atoms with E-state index >= 15 is 0 Å². The molecule has 2 aromatic carbocycles. The van der Waals surface area contributed by atoms with Crippen LogP contribution in [0.4, 0.5) is 5.69 Å². The molecule has 204 valence electrons. The standard InChI is InChI=1S/C28H28N2O8S/c1-33-14-13-30-26(31)25(39-28(30)29-19-6-8-20(34-2)9-7-19)16-18-5-11-22(24(15-18)35-3)37-17-21-10-12-23(38-21)27(32)36-4/h5-12,15-16H,13-14,17H2,1-4H3. The summed E-state index contributed by atoms with van der Waals surface area (Å²) in [6.45, 7) is 0.828. The summed E-state index contributed by atoms with van der Waals surface area (Å²) >= 11 is 1.29. The molecule has 0 aliphatic carbocycles. The molecule has 0 N–H and O–H groups in total. The van der Waals surface area contributed by atoms with E-state index in [1.165, 1.54) is 32.0 Å². The zero-order valence-electron chi connectivity index (χ0n) is 22.0. The number of aliphatic imine (C=N–C) groups is 1. The number of hydrogen-bond acceptors (Lipinski definition) is 10. The van der Waals surface area contributed by atoms with E-state index in [4.69, 9.17) is 23.4 Å². The molecule has 0 atom stereocenters. The van der Waals surface area contributed by atoms with Gasteiger partial charge in [0.1, 0.15) is 18.1 Å². The summed E-state index contributed by atoms with van der Waals surface area (Å²) in [7, 11) is 6.00. The average molecular weight is 553 g/mol. The van der Waals surface area contributed by atoms with Gasteiger partial charge in [0.2, 0.25) is 5.76 Å². The number of benzene rings is 2. The Balaban J connectivity index is 1.52. The number of rotatable bonds is 11. The maximum absolute atomic E-state index is 13.3. The molecule has 1 aromatic heterocycles. The fourth-order valence-electron chi connectivity index (χ4n) is 3.60. The van der Waals surface area contributed by atoms with E-state index < -0.39 is 5.97 Å². The van der Waals surface area contributed by atoms with E-state index in [2.05, 4.69) is 9.73 Å². The zero-order chi connectivity index (χ0) is 27.8. The minimum atomic E-state index is -0.562. The summed E-state index contributed by atoms with van der Waals surface area (Å²) < 4.78 is 31.8. The molecule has 4 rings (SSSR count). The highest BCUT2D eigenvalue weighted by Crippen LogP contribution is 2.36. The third-order valence-electron chi connectivity index (χ3n) is 5.61. The summed E-state index contributed by atoms with van der Waals surface area (Å²) in [6.07, 6.45) is 1.78. The first-order valence-electron chi connectivity index (χ1n) is 11.9. The van der Waals surface area contributed by atoms with Crippen molar-refractivity contribution in [2.45, 2.75) is 6.61 Å². The molecule has 1 aliphatic heterocycles. The van der Waals surface area contributed by atoms with Crippen LogP contribution >= 0.6 is 11.8 Å². The van der Waals surface area contributed by atoms with Crippen LogP contribution in [0.1, 0.15) is 21.9 Å². The summed E-state index contributed by atoms with van der Waals surface area (Å²) in [5.74, 6) is 1.50. The van der Waals surface area contributed by atoms with E-state index in [1.54, 1.807) is 43.4 Å². The Kier molecular flexibility index (Phi) is 9.29. The van der Waals surface area contributed by atoms with Gasteiger partial charge in [0.25, 0.3) is 5.91 Å². The number of hydrogen-bond donors (Lipinski definition) is 0. The maximum atomic E-state index is 13.3. The smallest absolute Gasteiger partial charge is 0.373 e. The Bertz CT molecular complexity index is 1380. The summed E-state index contributed by atoms with van der Waals surface area (Å²) in [5, 5.41) is 0.560. The monoisotopic (exact) mass is 552 g/mol. The van der Waals surface area contributed by atoms with Crippen LogP contribution in [0.25, 0.3) is 6.08 Å². The minimum absolute atomic E-state index is 0.0851. The normalized spacial score (nSPS) is 15.2. The molecule has 1 aliphatic rings. The van der Waals surface area contributed by atoms with Crippen LogP contribution in [0.3, 0.4) is 0 Å². The Labute approximate surface area is 230 Å². The van der Waals surface area contributed by atoms with E-state index in [9.17, 15) is 9.59 Å². The molecule has 0 radical (unpaired) electrons. The van der Waals surface area contributed by atoms with Crippen LogP contribution in [0.2, 0.25) is 0 Å². The number of carbonyl (C=O) groups is 2. The first-order valence-corrected chi connectivity index (χ1v) is 12.7. The zero-order valence-corrected chi connectivity index (χ0v) is 22.8. The van der Waals surface area contributed by atoms with Crippen LogP contribution in [-0.4, -0.2) is 63.5 Å². The van der Waals surface area contributed by atoms with Gasteiger partial charge in [0, 0.05) is 7.11 Å². The highest BCUT2D eigenvalue weighted by atomic mass is 32.2. The Morgan fingerprint density at radius 1 is 1.00 bits per heavy atom. The van der Waals surface area contributed by atoms with Gasteiger partial charge in [0.15, 0.2) is 16.7 Å². The number of methoxy groups -OCH3 is 4. The van der Waals surface area contributed by atoms with Gasteiger partial charge in [-0.05, 0) is 71.9 Å². The lowest BCUT2D eigenvalue weighted by atomic mass is 10.2. The first kappa shape index (κ1) is 27.8. The Morgan fingerprint density at radius 3 is 2.49 bits per heavy atom. The van der Waals surface area contributed by atoms with Crippen molar-refractivity contribution < 1.29 is 37.7 Å². The molecular weight excluding hydrogens is 524 g/mol. The maximum Gasteiger partial charge on any atom is 0.373 e. The third kappa shape index (κ3) is 6.81. The van der Waals surface area contributed by atoms with Gasteiger partial charge in [0.05, 0.1) is 45.1 Å². The molecule has 39 heavy (non-hydrogen) atoms. The highest BCUT2D eigenvalue weighted by Gasteiger charge is 2.33. The molecule has 1 fully saturated rings. The second-order valence-electron chi connectivity index (χ2n) is 8.11. The van der Waals surface area contributed by atoms with Gasteiger partial charge in [-0.2, -0.15) is 0 Å². The molecule has 11 heteroatoms. The van der Waals surface area contributed by atoms with Crippen molar-refractivity contribution in [2.24, 2.45) is 4.99 Å². The number of furan rings is 1. The van der Waals surface area contributed by atoms with Gasteiger partial charge >= 0.3 is 5.97 Å². The van der Waals surface area contributed by atoms with Crippen LogP contribution in [0.5, 0.6) is 17.2 Å². The summed E-state index contributed by atoms with van der Waals surface area (Å²) in [6, 6.07) is 15.8. The average Bonchev–Trinajstić information content (AvgIpc) is 3.55. The van der Waals surface area contributed by atoms with Crippen molar-refractivity contribution in [3.8, 4) is 17.2 Å². The first-order chi connectivity index (χ1) is 18.9.